The van der Waals surface area contributed by atoms with E-state index >= 15 is 0 Å². The predicted octanol–water partition coefficient (Wildman–Crippen LogP) is 3.54. The average Bonchev–Trinajstić information content (AvgIpc) is 2.06. The Labute approximate surface area is 79.0 Å². The third-order valence-corrected chi connectivity index (χ3v) is 2.00. The molecule has 0 aliphatic heterocycles. The van der Waals surface area contributed by atoms with Crippen LogP contribution in [-0.4, -0.2) is 0 Å². The monoisotopic (exact) mass is 178 g/mol. The first-order valence-corrected chi connectivity index (χ1v) is 3.81. The molecule has 0 spiro atoms. The highest BCUT2D eigenvalue weighted by molar-refractivity contribution is 5.85. The summed E-state index contributed by atoms with van der Waals surface area (Å²) in [4.78, 5) is 0. The van der Waals surface area contributed by atoms with Crippen molar-refractivity contribution in [2.75, 3.05) is 0 Å². The van der Waals surface area contributed by atoms with E-state index in [1.807, 2.05) is 0 Å². The fraction of sp³-hybridized carbons (Fsp3) is 0.0909. The lowest BCUT2D eigenvalue weighted by Crippen LogP contribution is -1.90. The molecule has 1 aliphatic rings. The van der Waals surface area contributed by atoms with Gasteiger partial charge in [-0.05, 0) is 23.1 Å². The fourth-order valence-electron chi connectivity index (χ4n) is 1.40. The summed E-state index contributed by atoms with van der Waals surface area (Å²) in [7, 11) is 0. The molecule has 1 heteroatoms. The molecule has 0 bridgehead atoms. The van der Waals surface area contributed by atoms with Gasteiger partial charge in [0.15, 0.2) is 0 Å². The van der Waals surface area contributed by atoms with Crippen LogP contribution in [0.3, 0.4) is 0 Å². The van der Waals surface area contributed by atoms with Crippen molar-refractivity contribution in [3.05, 3.63) is 48.0 Å². The van der Waals surface area contributed by atoms with Gasteiger partial charge >= 0.3 is 0 Å². The predicted molar refractivity (Wildman–Crippen MR) is 56.4 cm³/mol. The minimum Gasteiger partial charge on any atom is -0.147 e. The molecule has 0 saturated carbocycles. The molecule has 0 nitrogen and oxygen atoms in total. The number of fused-ring (bicyclic) bond motifs is 1. The first-order chi connectivity index (χ1) is 5.38. The van der Waals surface area contributed by atoms with Crippen molar-refractivity contribution in [3.63, 3.8) is 0 Å². The molecule has 12 heavy (non-hydrogen) atoms. The van der Waals surface area contributed by atoms with E-state index in [2.05, 4.69) is 43.0 Å². The molecule has 0 aromatic heterocycles. The number of hydrogen-bond donors (Lipinski definition) is 0. The van der Waals surface area contributed by atoms with Gasteiger partial charge in [0.25, 0.3) is 0 Å². The molecule has 0 N–H and O–H groups in total. The Morgan fingerprint density at radius 3 is 2.67 bits per heavy atom. The largest absolute Gasteiger partial charge is 0.147 e. The molecule has 0 atom stereocenters. The molecular weight excluding hydrogens is 168 g/mol. The second kappa shape index (κ2) is 3.59. The number of hydrogen-bond acceptors (Lipinski definition) is 0. The van der Waals surface area contributed by atoms with Crippen LogP contribution in [0.4, 0.5) is 0 Å². The van der Waals surface area contributed by atoms with E-state index in [4.69, 9.17) is 0 Å². The smallest absolute Gasteiger partial charge is 0.00938 e. The van der Waals surface area contributed by atoms with Crippen LogP contribution in [0.25, 0.3) is 11.6 Å². The number of allylic oxidation sites excluding steroid dienone is 2. The molecular formula is C11H11Cl. The lowest BCUT2D eigenvalue weighted by Gasteiger charge is -2.11. The summed E-state index contributed by atoms with van der Waals surface area (Å²) < 4.78 is 0. The van der Waals surface area contributed by atoms with E-state index in [9.17, 15) is 0 Å². The van der Waals surface area contributed by atoms with Crippen LogP contribution in [0.2, 0.25) is 0 Å². The standard InChI is InChI=1S/C11H10.ClH/c1-9-5-4-7-10-6-2-3-8-11(9)10;/h2-4,6-8H,1,5H2;1H. The summed E-state index contributed by atoms with van der Waals surface area (Å²) in [6.45, 7) is 4.00. The van der Waals surface area contributed by atoms with Gasteiger partial charge in [0.05, 0.1) is 0 Å². The maximum Gasteiger partial charge on any atom is -0.00938 e. The normalized spacial score (nSPS) is 13.5. The van der Waals surface area contributed by atoms with Crippen molar-refractivity contribution in [3.8, 4) is 0 Å². The van der Waals surface area contributed by atoms with Gasteiger partial charge in [0.2, 0.25) is 0 Å². The summed E-state index contributed by atoms with van der Waals surface area (Å²) >= 11 is 0. The molecule has 2 rings (SSSR count). The Kier molecular flexibility index (Phi) is 2.72. The van der Waals surface area contributed by atoms with Crippen LogP contribution in [0.1, 0.15) is 17.5 Å². The highest BCUT2D eigenvalue weighted by Gasteiger charge is 2.04. The van der Waals surface area contributed by atoms with Crippen LogP contribution in [0.5, 0.6) is 0 Å². The Morgan fingerprint density at radius 1 is 1.17 bits per heavy atom. The summed E-state index contributed by atoms with van der Waals surface area (Å²) in [6.07, 6.45) is 5.31. The van der Waals surface area contributed by atoms with E-state index in [1.165, 1.54) is 16.7 Å². The van der Waals surface area contributed by atoms with Gasteiger partial charge in [-0.15, -0.1) is 12.4 Å². The Bertz CT molecular complexity index is 324. The van der Waals surface area contributed by atoms with E-state index in [1.54, 1.807) is 0 Å². The highest BCUT2D eigenvalue weighted by Crippen LogP contribution is 2.26. The lowest BCUT2D eigenvalue weighted by molar-refractivity contribution is 1.37. The summed E-state index contributed by atoms with van der Waals surface area (Å²) in [5.74, 6) is 0. The van der Waals surface area contributed by atoms with Crippen molar-refractivity contribution in [1.29, 1.82) is 0 Å². The molecule has 0 saturated heterocycles. The van der Waals surface area contributed by atoms with Crippen LogP contribution in [-0.2, 0) is 0 Å². The van der Waals surface area contributed by atoms with Crippen molar-refractivity contribution in [1.82, 2.24) is 0 Å². The Morgan fingerprint density at radius 2 is 1.92 bits per heavy atom. The summed E-state index contributed by atoms with van der Waals surface area (Å²) in [5.41, 5.74) is 3.82. The van der Waals surface area contributed by atoms with Crippen molar-refractivity contribution < 1.29 is 0 Å². The van der Waals surface area contributed by atoms with Gasteiger partial charge in [-0.2, -0.15) is 0 Å². The topological polar surface area (TPSA) is 0 Å². The highest BCUT2D eigenvalue weighted by atomic mass is 35.5. The molecule has 0 radical (unpaired) electrons. The van der Waals surface area contributed by atoms with Gasteiger partial charge in [-0.25, -0.2) is 0 Å². The molecule has 0 unspecified atom stereocenters. The van der Waals surface area contributed by atoms with Crippen LogP contribution < -0.4 is 0 Å². The number of rotatable bonds is 0. The minimum atomic E-state index is 0. The second-order valence-electron chi connectivity index (χ2n) is 2.80. The van der Waals surface area contributed by atoms with E-state index in [-0.39, 0.29) is 12.4 Å². The van der Waals surface area contributed by atoms with Crippen molar-refractivity contribution in [2.24, 2.45) is 0 Å². The third-order valence-electron chi connectivity index (χ3n) is 2.00. The van der Waals surface area contributed by atoms with Gasteiger partial charge in [0, 0.05) is 0 Å². The molecule has 0 amide bonds. The maximum atomic E-state index is 4.00. The zero-order valence-corrected chi connectivity index (χ0v) is 7.60. The molecule has 1 aliphatic carbocycles. The average molecular weight is 179 g/mol. The first kappa shape index (κ1) is 9.08. The van der Waals surface area contributed by atoms with E-state index in [0.717, 1.165) is 6.42 Å². The van der Waals surface area contributed by atoms with Crippen LogP contribution >= 0.6 is 12.4 Å². The van der Waals surface area contributed by atoms with Gasteiger partial charge in [-0.3, -0.25) is 0 Å². The zero-order valence-electron chi connectivity index (χ0n) is 6.79. The first-order valence-electron chi connectivity index (χ1n) is 3.81. The molecule has 0 heterocycles. The summed E-state index contributed by atoms with van der Waals surface area (Å²) in [5, 5.41) is 0. The Balaban J connectivity index is 0.000000720. The quantitative estimate of drug-likeness (QED) is 0.570. The van der Waals surface area contributed by atoms with Crippen molar-refractivity contribution >= 4 is 24.1 Å². The fourth-order valence-corrected chi connectivity index (χ4v) is 1.40. The second-order valence-corrected chi connectivity index (χ2v) is 2.80. The van der Waals surface area contributed by atoms with Crippen molar-refractivity contribution in [2.45, 2.75) is 6.42 Å². The Hall–Kier alpha value is -1.01. The van der Waals surface area contributed by atoms with Crippen LogP contribution in [0.15, 0.2) is 36.9 Å². The van der Waals surface area contributed by atoms with E-state index < -0.39 is 0 Å². The molecule has 1 aromatic carbocycles. The summed E-state index contributed by atoms with van der Waals surface area (Å²) in [6, 6.07) is 8.36. The van der Waals surface area contributed by atoms with Gasteiger partial charge in [-0.1, -0.05) is 43.0 Å². The van der Waals surface area contributed by atoms with Crippen LogP contribution in [0, 0.1) is 0 Å². The van der Waals surface area contributed by atoms with Gasteiger partial charge in [0.1, 0.15) is 0 Å². The molecule has 1 aromatic rings. The number of benzene rings is 1. The molecule has 0 fully saturated rings. The minimum absolute atomic E-state index is 0. The lowest BCUT2D eigenvalue weighted by atomic mass is 9.94. The third kappa shape index (κ3) is 1.44. The number of halogens is 1. The van der Waals surface area contributed by atoms with E-state index in [0.29, 0.717) is 0 Å². The SMILES string of the molecule is C=C1CC=Cc2ccccc21.Cl. The zero-order chi connectivity index (χ0) is 7.68. The van der Waals surface area contributed by atoms with Gasteiger partial charge < -0.3 is 0 Å². The molecule has 62 valence electrons. The maximum absolute atomic E-state index is 4.00.